The highest BCUT2D eigenvalue weighted by Gasteiger charge is 2.23. The van der Waals surface area contributed by atoms with Crippen LogP contribution in [0.3, 0.4) is 0 Å². The molecule has 1 atom stereocenters. The molecule has 0 saturated heterocycles. The van der Waals surface area contributed by atoms with Crippen molar-refractivity contribution in [1.82, 2.24) is 10.6 Å². The van der Waals surface area contributed by atoms with Crippen LogP contribution in [-0.4, -0.2) is 42.2 Å². The van der Waals surface area contributed by atoms with Gasteiger partial charge in [0.1, 0.15) is 11.6 Å². The summed E-state index contributed by atoms with van der Waals surface area (Å²) in [5, 5.41) is 5.39. The topological polar surface area (TPSA) is 67.4 Å². The Morgan fingerprint density at radius 3 is 2.55 bits per heavy atom. The Morgan fingerprint density at radius 2 is 2.05 bits per heavy atom. The summed E-state index contributed by atoms with van der Waals surface area (Å²) in [5.74, 6) is 0.599. The molecule has 0 aromatic rings. The molecule has 0 spiro atoms. The van der Waals surface area contributed by atoms with Crippen LogP contribution in [-0.2, 0) is 9.53 Å². The zero-order chi connectivity index (χ0) is 15.6. The van der Waals surface area contributed by atoms with Gasteiger partial charge in [0.15, 0.2) is 0 Å². The molecule has 0 aliphatic heterocycles. The van der Waals surface area contributed by atoms with Crippen LogP contribution in [0.2, 0.25) is 0 Å². The number of rotatable bonds is 8. The van der Waals surface area contributed by atoms with Gasteiger partial charge in [0.05, 0.1) is 0 Å². The van der Waals surface area contributed by atoms with Gasteiger partial charge >= 0.3 is 6.09 Å². The summed E-state index contributed by atoms with van der Waals surface area (Å²) < 4.78 is 5.17. The second-order valence-electron chi connectivity index (χ2n) is 5.35. The van der Waals surface area contributed by atoms with E-state index in [9.17, 15) is 9.59 Å². The average molecular weight is 302 g/mol. The molecule has 6 heteroatoms. The number of thioether (sulfide) groups is 1. The third kappa shape index (κ3) is 9.72. The minimum Gasteiger partial charge on any atom is -0.444 e. The van der Waals surface area contributed by atoms with E-state index in [1.165, 1.54) is 0 Å². The molecule has 0 aromatic heterocycles. The van der Waals surface area contributed by atoms with Crippen LogP contribution in [0.15, 0.2) is 12.7 Å². The number of alkyl carbamates (subject to hydrolysis) is 1. The van der Waals surface area contributed by atoms with Gasteiger partial charge in [0, 0.05) is 6.54 Å². The fraction of sp³-hybridized carbons (Fsp3) is 0.714. The third-order valence-electron chi connectivity index (χ3n) is 2.27. The largest absolute Gasteiger partial charge is 0.444 e. The van der Waals surface area contributed by atoms with Gasteiger partial charge in [-0.1, -0.05) is 6.08 Å². The molecule has 5 nitrogen and oxygen atoms in total. The van der Waals surface area contributed by atoms with Gasteiger partial charge in [-0.2, -0.15) is 11.8 Å². The smallest absolute Gasteiger partial charge is 0.408 e. The normalized spacial score (nSPS) is 12.4. The Hall–Kier alpha value is -1.17. The quantitative estimate of drug-likeness (QED) is 0.533. The molecule has 20 heavy (non-hydrogen) atoms. The van der Waals surface area contributed by atoms with E-state index < -0.39 is 17.7 Å². The van der Waals surface area contributed by atoms with Crippen molar-refractivity contribution in [3.8, 4) is 0 Å². The highest BCUT2D eigenvalue weighted by Crippen LogP contribution is 2.08. The van der Waals surface area contributed by atoms with E-state index in [1.54, 1.807) is 38.6 Å². The van der Waals surface area contributed by atoms with Crippen molar-refractivity contribution < 1.29 is 14.3 Å². The van der Waals surface area contributed by atoms with Crippen molar-refractivity contribution in [3.05, 3.63) is 12.7 Å². The van der Waals surface area contributed by atoms with E-state index >= 15 is 0 Å². The minimum atomic E-state index is -0.576. The first-order valence-corrected chi connectivity index (χ1v) is 8.06. The Labute approximate surface area is 125 Å². The molecular formula is C14H26N2O3S. The number of amides is 2. The maximum atomic E-state index is 12.0. The fourth-order valence-electron chi connectivity index (χ4n) is 1.37. The van der Waals surface area contributed by atoms with Gasteiger partial charge < -0.3 is 15.4 Å². The van der Waals surface area contributed by atoms with Gasteiger partial charge in [-0.15, -0.1) is 6.58 Å². The summed E-state index contributed by atoms with van der Waals surface area (Å²) in [5.41, 5.74) is -0.576. The predicted octanol–water partition coefficient (Wildman–Crippen LogP) is 2.33. The van der Waals surface area contributed by atoms with Gasteiger partial charge in [-0.25, -0.2) is 4.79 Å². The lowest BCUT2D eigenvalue weighted by atomic mass is 10.2. The summed E-state index contributed by atoms with van der Waals surface area (Å²) in [6, 6.07) is -0.567. The lowest BCUT2D eigenvalue weighted by Crippen LogP contribution is -2.48. The Kier molecular flexibility index (Phi) is 9.12. The molecule has 0 radical (unpaired) electrons. The third-order valence-corrected chi connectivity index (χ3v) is 2.91. The molecule has 0 aliphatic rings. The molecule has 2 amide bonds. The molecule has 0 aliphatic carbocycles. The van der Waals surface area contributed by atoms with Gasteiger partial charge in [0.2, 0.25) is 5.91 Å². The highest BCUT2D eigenvalue weighted by molar-refractivity contribution is 7.98. The highest BCUT2D eigenvalue weighted by atomic mass is 32.2. The Morgan fingerprint density at radius 1 is 1.40 bits per heavy atom. The van der Waals surface area contributed by atoms with E-state index in [0.717, 1.165) is 5.75 Å². The summed E-state index contributed by atoms with van der Waals surface area (Å²) in [6.07, 6.45) is 4.40. The lowest BCUT2D eigenvalue weighted by Gasteiger charge is -2.23. The number of carbonyl (C=O) groups excluding carboxylic acids is 2. The first kappa shape index (κ1) is 18.8. The van der Waals surface area contributed by atoms with Crippen molar-refractivity contribution in [1.29, 1.82) is 0 Å². The summed E-state index contributed by atoms with van der Waals surface area (Å²) in [4.78, 5) is 23.7. The van der Waals surface area contributed by atoms with Crippen molar-refractivity contribution >= 4 is 23.8 Å². The van der Waals surface area contributed by atoms with Crippen LogP contribution < -0.4 is 10.6 Å². The SMILES string of the molecule is C=CCCNC(=O)[C@H](CCSC)NC(=O)OC(C)(C)C. The maximum Gasteiger partial charge on any atom is 0.408 e. The van der Waals surface area contributed by atoms with Crippen LogP contribution in [0.5, 0.6) is 0 Å². The maximum absolute atomic E-state index is 12.0. The summed E-state index contributed by atoms with van der Waals surface area (Å²) in [7, 11) is 0. The molecule has 0 bridgehead atoms. The van der Waals surface area contributed by atoms with Crippen molar-refractivity contribution in [3.63, 3.8) is 0 Å². The van der Waals surface area contributed by atoms with Gasteiger partial charge in [-0.3, -0.25) is 4.79 Å². The van der Waals surface area contributed by atoms with E-state index in [2.05, 4.69) is 17.2 Å². The molecule has 0 rings (SSSR count). The fourth-order valence-corrected chi connectivity index (χ4v) is 1.85. The monoisotopic (exact) mass is 302 g/mol. The van der Waals surface area contributed by atoms with Crippen LogP contribution in [0.4, 0.5) is 4.79 Å². The zero-order valence-corrected chi connectivity index (χ0v) is 13.6. The van der Waals surface area contributed by atoms with E-state index in [4.69, 9.17) is 4.74 Å². The second kappa shape index (κ2) is 9.69. The molecule has 116 valence electrons. The van der Waals surface area contributed by atoms with E-state index in [1.807, 2.05) is 6.26 Å². The first-order valence-electron chi connectivity index (χ1n) is 6.67. The first-order chi connectivity index (χ1) is 9.30. The van der Waals surface area contributed by atoms with Crippen LogP contribution >= 0.6 is 11.8 Å². The molecule has 0 unspecified atom stereocenters. The second-order valence-corrected chi connectivity index (χ2v) is 6.33. The van der Waals surface area contributed by atoms with E-state index in [-0.39, 0.29) is 5.91 Å². The predicted molar refractivity (Wildman–Crippen MR) is 84.0 cm³/mol. The zero-order valence-electron chi connectivity index (χ0n) is 12.8. The number of hydrogen-bond acceptors (Lipinski definition) is 4. The summed E-state index contributed by atoms with van der Waals surface area (Å²) in [6.45, 7) is 9.47. The van der Waals surface area contributed by atoms with E-state index in [0.29, 0.717) is 19.4 Å². The number of nitrogens with one attached hydrogen (secondary N) is 2. The molecular weight excluding hydrogens is 276 g/mol. The standard InChI is InChI=1S/C14H26N2O3S/c1-6-7-9-15-12(17)11(8-10-20-5)16-13(18)19-14(2,3)4/h6,11H,1,7-10H2,2-5H3,(H,15,17)(H,16,18)/t11-/m0/s1. The summed E-state index contributed by atoms with van der Waals surface area (Å²) >= 11 is 1.63. The van der Waals surface area contributed by atoms with Crippen molar-refractivity contribution in [2.75, 3.05) is 18.6 Å². The van der Waals surface area contributed by atoms with Gasteiger partial charge in [-0.05, 0) is 45.6 Å². The molecule has 0 saturated carbocycles. The molecule has 0 heterocycles. The number of carbonyl (C=O) groups is 2. The van der Waals surface area contributed by atoms with Crippen LogP contribution in [0.25, 0.3) is 0 Å². The van der Waals surface area contributed by atoms with Crippen LogP contribution in [0.1, 0.15) is 33.6 Å². The minimum absolute atomic E-state index is 0.188. The van der Waals surface area contributed by atoms with Crippen molar-refractivity contribution in [2.45, 2.75) is 45.3 Å². The van der Waals surface area contributed by atoms with Crippen LogP contribution in [0, 0.1) is 0 Å². The Balaban J connectivity index is 4.42. The number of hydrogen-bond donors (Lipinski definition) is 2. The molecule has 2 N–H and O–H groups in total. The Bertz CT molecular complexity index is 327. The number of ether oxygens (including phenoxy) is 1. The lowest BCUT2D eigenvalue weighted by molar-refractivity contribution is -0.123. The average Bonchev–Trinajstić information content (AvgIpc) is 2.32. The molecule has 0 fully saturated rings. The van der Waals surface area contributed by atoms with Crippen molar-refractivity contribution in [2.24, 2.45) is 0 Å². The van der Waals surface area contributed by atoms with Gasteiger partial charge in [0.25, 0.3) is 0 Å². The molecule has 0 aromatic carbocycles.